The lowest BCUT2D eigenvalue weighted by molar-refractivity contribution is -0.192. The quantitative estimate of drug-likeness (QED) is 0.547. The summed E-state index contributed by atoms with van der Waals surface area (Å²) in [6.07, 6.45) is -0.680. The Hall–Kier alpha value is -2.80. The first kappa shape index (κ1) is 26.8. The summed E-state index contributed by atoms with van der Waals surface area (Å²) >= 11 is 1.55. The summed E-state index contributed by atoms with van der Waals surface area (Å²) in [6, 6.07) is 9.14. The first-order valence-electron chi connectivity index (χ1n) is 11.2. The molecule has 0 unspecified atom stereocenters. The summed E-state index contributed by atoms with van der Waals surface area (Å²) in [5.41, 5.74) is 2.86. The molecule has 2 fully saturated rings. The Balaban J connectivity index is 0.000000429. The lowest BCUT2D eigenvalue weighted by Gasteiger charge is -2.34. The molecule has 1 aromatic heterocycles. The van der Waals surface area contributed by atoms with Crippen molar-refractivity contribution in [3.05, 3.63) is 35.5 Å². The van der Waals surface area contributed by atoms with Crippen molar-refractivity contribution in [3.63, 3.8) is 0 Å². The molecule has 0 spiro atoms. The summed E-state index contributed by atoms with van der Waals surface area (Å²) in [5.74, 6) is -3.16. The number of aliphatic carboxylic acids is 1. The lowest BCUT2D eigenvalue weighted by atomic mass is 9.84. The highest BCUT2D eigenvalue weighted by atomic mass is 32.2. The van der Waals surface area contributed by atoms with Gasteiger partial charge in [-0.2, -0.15) is 13.2 Å². The van der Waals surface area contributed by atoms with Gasteiger partial charge in [-0.25, -0.2) is 9.59 Å². The maximum Gasteiger partial charge on any atom is 0.490 e. The molecule has 1 aromatic carbocycles. The van der Waals surface area contributed by atoms with Gasteiger partial charge in [0.05, 0.1) is 0 Å². The molecule has 192 valence electrons. The number of anilines is 1. The molecule has 0 amide bonds. The third-order valence-electron chi connectivity index (χ3n) is 6.16. The minimum absolute atomic E-state index is 0.103. The normalized spacial score (nSPS) is 21.2. The van der Waals surface area contributed by atoms with Crippen molar-refractivity contribution in [3.8, 4) is 0 Å². The van der Waals surface area contributed by atoms with Crippen LogP contribution in [-0.4, -0.2) is 87.1 Å². The molecule has 4 rings (SSSR count). The van der Waals surface area contributed by atoms with Gasteiger partial charge in [-0.1, -0.05) is 29.1 Å². The number of nitrogens with one attached hydrogen (secondary N) is 1. The molecule has 0 radical (unpaired) electrons. The molecule has 3 N–H and O–H groups in total. The zero-order chi connectivity index (χ0) is 25.6. The van der Waals surface area contributed by atoms with Crippen molar-refractivity contribution in [1.82, 2.24) is 20.3 Å². The number of nitrogens with zero attached hydrogens (tertiary/aromatic N) is 4. The Kier molecular flexibility index (Phi) is 9.00. The first-order chi connectivity index (χ1) is 16.5. The van der Waals surface area contributed by atoms with Gasteiger partial charge in [-0.15, -0.1) is 5.10 Å². The van der Waals surface area contributed by atoms with E-state index in [9.17, 15) is 23.1 Å². The number of aromatic amines is 1. The van der Waals surface area contributed by atoms with Gasteiger partial charge in [-0.05, 0) is 56.3 Å². The number of benzene rings is 1. The molecule has 9 nitrogen and oxygen atoms in total. The third-order valence-corrected chi connectivity index (χ3v) is 7.47. The van der Waals surface area contributed by atoms with Crippen LogP contribution in [0.1, 0.15) is 47.7 Å². The van der Waals surface area contributed by atoms with E-state index in [-0.39, 0.29) is 5.69 Å². The molecule has 2 aliphatic rings. The fourth-order valence-corrected chi connectivity index (χ4v) is 5.30. The summed E-state index contributed by atoms with van der Waals surface area (Å²) in [4.78, 5) is 24.9. The highest BCUT2D eigenvalue weighted by Crippen LogP contribution is 2.40. The summed E-state index contributed by atoms with van der Waals surface area (Å²) < 4.78 is 31.7. The van der Waals surface area contributed by atoms with Crippen LogP contribution in [0, 0.1) is 0 Å². The van der Waals surface area contributed by atoms with Gasteiger partial charge in [0.25, 0.3) is 0 Å². The van der Waals surface area contributed by atoms with Gasteiger partial charge in [0.1, 0.15) is 0 Å². The zero-order valence-electron chi connectivity index (χ0n) is 19.2. The van der Waals surface area contributed by atoms with Crippen molar-refractivity contribution in [2.24, 2.45) is 0 Å². The summed E-state index contributed by atoms with van der Waals surface area (Å²) in [7, 11) is 2.18. The number of halogens is 3. The zero-order valence-corrected chi connectivity index (χ0v) is 20.0. The number of thioether (sulfide) groups is 1. The lowest BCUT2D eigenvalue weighted by Crippen LogP contribution is -2.44. The second-order valence-electron chi connectivity index (χ2n) is 8.57. The molecule has 13 heteroatoms. The van der Waals surface area contributed by atoms with Crippen LogP contribution >= 0.6 is 11.8 Å². The van der Waals surface area contributed by atoms with E-state index in [4.69, 9.17) is 9.90 Å². The predicted molar refractivity (Wildman–Crippen MR) is 124 cm³/mol. The number of hydrogen-bond donors (Lipinski definition) is 3. The van der Waals surface area contributed by atoms with Crippen LogP contribution in [-0.2, 0) is 4.79 Å². The van der Waals surface area contributed by atoms with E-state index in [2.05, 4.69) is 56.5 Å². The molecule has 2 aromatic rings. The van der Waals surface area contributed by atoms with E-state index in [0.717, 1.165) is 51.9 Å². The number of carboxylic acid groups (broad SMARTS) is 2. The van der Waals surface area contributed by atoms with E-state index < -0.39 is 18.1 Å². The van der Waals surface area contributed by atoms with E-state index in [1.165, 1.54) is 11.3 Å². The van der Waals surface area contributed by atoms with Crippen LogP contribution < -0.4 is 4.90 Å². The monoisotopic (exact) mass is 515 g/mol. The molecule has 1 aliphatic carbocycles. The maximum absolute atomic E-state index is 11.2. The van der Waals surface area contributed by atoms with E-state index >= 15 is 0 Å². The summed E-state index contributed by atoms with van der Waals surface area (Å²) in [6.45, 7) is 4.44. The van der Waals surface area contributed by atoms with Crippen molar-refractivity contribution in [2.75, 3.05) is 38.1 Å². The highest BCUT2D eigenvalue weighted by molar-refractivity contribution is 7.99. The largest absolute Gasteiger partial charge is 0.490 e. The standard InChI is InChI=1S/C20H27N5O2S.C2HF3O2/c1-24-10-12-25(13-11-24)16-6-2-14(3-7-16)15-4-8-17(9-5-15)28-19-18(20(26)27)21-23-22-19;3-2(4,5)1(6)7/h2-3,6-7,15,17H,4-5,8-13H2,1H3,(H,26,27)(H,21,22,23);(H,6,7)/t15-,17+;. The van der Waals surface area contributed by atoms with Gasteiger partial charge in [0, 0.05) is 37.1 Å². The minimum Gasteiger partial charge on any atom is -0.476 e. The fourth-order valence-electron chi connectivity index (χ4n) is 4.13. The topological polar surface area (TPSA) is 123 Å². The number of carboxylic acids is 2. The van der Waals surface area contributed by atoms with E-state index in [1.54, 1.807) is 11.8 Å². The molecule has 1 saturated carbocycles. The van der Waals surface area contributed by atoms with Gasteiger partial charge in [0.15, 0.2) is 10.7 Å². The molecular formula is C22H28F3N5O4S. The number of rotatable bonds is 5. The fraction of sp³-hybridized carbons (Fsp3) is 0.545. The van der Waals surface area contributed by atoms with Crippen LogP contribution in [0.2, 0.25) is 0 Å². The number of carbonyl (C=O) groups is 2. The van der Waals surface area contributed by atoms with E-state index in [0.29, 0.717) is 16.2 Å². The molecule has 0 atom stereocenters. The second kappa shape index (κ2) is 11.8. The van der Waals surface area contributed by atoms with Crippen molar-refractivity contribution in [1.29, 1.82) is 0 Å². The Morgan fingerprint density at radius 1 is 1.03 bits per heavy atom. The maximum atomic E-state index is 11.2. The SMILES string of the molecule is CN1CCN(c2ccc([C@H]3CC[C@@H](Sc4nn[nH]c4C(=O)O)CC3)cc2)CC1.O=C(O)C(F)(F)F. The first-order valence-corrected chi connectivity index (χ1v) is 12.1. The van der Waals surface area contributed by atoms with Gasteiger partial charge < -0.3 is 20.0 Å². The average molecular weight is 516 g/mol. The number of piperazine rings is 1. The molecule has 35 heavy (non-hydrogen) atoms. The highest BCUT2D eigenvalue weighted by Gasteiger charge is 2.38. The molecule has 1 aliphatic heterocycles. The predicted octanol–water partition coefficient (Wildman–Crippen LogP) is 3.71. The molecule has 0 bridgehead atoms. The van der Waals surface area contributed by atoms with Crippen molar-refractivity contribution < 1.29 is 33.0 Å². The number of aromatic nitrogens is 3. The summed E-state index contributed by atoms with van der Waals surface area (Å²) in [5, 5.41) is 27.3. The Morgan fingerprint density at radius 3 is 2.11 bits per heavy atom. The van der Waals surface area contributed by atoms with Crippen LogP contribution in [0.3, 0.4) is 0 Å². The number of aromatic carboxylic acids is 1. The Morgan fingerprint density at radius 2 is 1.60 bits per heavy atom. The number of H-pyrrole nitrogens is 1. The van der Waals surface area contributed by atoms with E-state index in [1.807, 2.05) is 0 Å². The third kappa shape index (κ3) is 7.59. The van der Waals surface area contributed by atoms with Crippen LogP contribution in [0.25, 0.3) is 0 Å². The smallest absolute Gasteiger partial charge is 0.476 e. The Bertz CT molecular complexity index is 986. The van der Waals surface area contributed by atoms with Crippen LogP contribution in [0.15, 0.2) is 29.3 Å². The van der Waals surface area contributed by atoms with Gasteiger partial charge in [0.2, 0.25) is 0 Å². The second-order valence-corrected chi connectivity index (χ2v) is 9.86. The number of likely N-dealkylation sites (N-methyl/N-ethyl adjacent to an activating group) is 1. The van der Waals surface area contributed by atoms with Crippen LogP contribution in [0.4, 0.5) is 18.9 Å². The molecule has 2 heterocycles. The number of alkyl halides is 3. The minimum atomic E-state index is -5.08. The van der Waals surface area contributed by atoms with Gasteiger partial charge >= 0.3 is 18.1 Å². The van der Waals surface area contributed by atoms with Crippen molar-refractivity contribution >= 4 is 29.4 Å². The Labute approximate surface area is 204 Å². The van der Waals surface area contributed by atoms with Gasteiger partial charge in [-0.3, -0.25) is 5.10 Å². The molecule has 1 saturated heterocycles. The molecular weight excluding hydrogens is 487 g/mol. The average Bonchev–Trinajstić information content (AvgIpc) is 3.29. The number of hydrogen-bond acceptors (Lipinski definition) is 7. The van der Waals surface area contributed by atoms with Crippen LogP contribution in [0.5, 0.6) is 0 Å². The van der Waals surface area contributed by atoms with Crippen molar-refractivity contribution in [2.45, 2.75) is 48.1 Å².